The van der Waals surface area contributed by atoms with Gasteiger partial charge in [0.25, 0.3) is 0 Å². The van der Waals surface area contributed by atoms with Gasteiger partial charge in [-0.2, -0.15) is 4.98 Å². The number of hydrogen-bond acceptors (Lipinski definition) is 6. The van der Waals surface area contributed by atoms with E-state index in [4.69, 9.17) is 9.26 Å². The van der Waals surface area contributed by atoms with Crippen LogP contribution in [0.5, 0.6) is 5.75 Å². The van der Waals surface area contributed by atoms with Crippen LogP contribution in [0, 0.1) is 0 Å². The van der Waals surface area contributed by atoms with Gasteiger partial charge in [0.05, 0.1) is 13.2 Å². The van der Waals surface area contributed by atoms with E-state index in [9.17, 15) is 4.79 Å². The number of nitrogens with one attached hydrogen (secondary N) is 1. The number of amides is 1. The zero-order valence-electron chi connectivity index (χ0n) is 14.7. The monoisotopic (exact) mass is 344 g/mol. The van der Waals surface area contributed by atoms with Crippen molar-refractivity contribution in [3.8, 4) is 5.75 Å². The van der Waals surface area contributed by atoms with Crippen LogP contribution >= 0.6 is 0 Å². The van der Waals surface area contributed by atoms with Crippen LogP contribution in [0.3, 0.4) is 0 Å². The van der Waals surface area contributed by atoms with Gasteiger partial charge in [0.15, 0.2) is 5.82 Å². The molecule has 0 saturated carbocycles. The van der Waals surface area contributed by atoms with E-state index in [1.807, 2.05) is 36.1 Å². The van der Waals surface area contributed by atoms with Gasteiger partial charge in [-0.25, -0.2) is 0 Å². The molecule has 7 heteroatoms. The summed E-state index contributed by atoms with van der Waals surface area (Å²) in [6.07, 6.45) is 1.55. The zero-order valence-corrected chi connectivity index (χ0v) is 14.7. The first-order chi connectivity index (χ1) is 12.2. The number of piperazine rings is 1. The lowest BCUT2D eigenvalue weighted by atomic mass is 10.0. The maximum absolute atomic E-state index is 12.8. The zero-order chi connectivity index (χ0) is 17.6. The van der Waals surface area contributed by atoms with E-state index in [0.29, 0.717) is 37.6 Å². The molecule has 0 unspecified atom stereocenters. The van der Waals surface area contributed by atoms with Crippen LogP contribution in [0.4, 0.5) is 0 Å². The number of rotatable bonds is 6. The van der Waals surface area contributed by atoms with Crippen molar-refractivity contribution < 1.29 is 14.1 Å². The fraction of sp³-hybridized carbons (Fsp3) is 0.500. The van der Waals surface area contributed by atoms with Gasteiger partial charge in [-0.1, -0.05) is 30.3 Å². The first-order valence-corrected chi connectivity index (χ1v) is 8.67. The second kappa shape index (κ2) is 8.11. The molecule has 0 aliphatic carbocycles. The third-order valence-corrected chi connectivity index (χ3v) is 4.44. The molecule has 134 valence electrons. The third-order valence-electron chi connectivity index (χ3n) is 4.44. The van der Waals surface area contributed by atoms with Crippen LogP contribution in [0.25, 0.3) is 0 Å². The SMILES string of the molecule is CCc1noc(CCC(=O)N2CCNC[C@H]2c2ccccc2OC)n1. The first-order valence-electron chi connectivity index (χ1n) is 8.67. The van der Waals surface area contributed by atoms with Crippen molar-refractivity contribution in [3.63, 3.8) is 0 Å². The average molecular weight is 344 g/mol. The predicted molar refractivity (Wildman–Crippen MR) is 92.3 cm³/mol. The molecule has 2 heterocycles. The molecule has 0 bridgehead atoms. The van der Waals surface area contributed by atoms with E-state index in [-0.39, 0.29) is 11.9 Å². The van der Waals surface area contributed by atoms with Crippen LogP contribution in [0.15, 0.2) is 28.8 Å². The lowest BCUT2D eigenvalue weighted by molar-refractivity contribution is -0.134. The highest BCUT2D eigenvalue weighted by Crippen LogP contribution is 2.30. The number of carbonyl (C=O) groups is 1. The van der Waals surface area contributed by atoms with Gasteiger partial charge in [0, 0.05) is 44.5 Å². The standard InChI is InChI=1S/C18H24N4O3/c1-3-16-20-17(25-21-16)8-9-18(23)22-11-10-19-12-14(22)13-6-4-5-7-15(13)24-2/h4-7,14,19H,3,8-12H2,1-2H3/t14-/m0/s1. The Morgan fingerprint density at radius 2 is 2.28 bits per heavy atom. The van der Waals surface area contributed by atoms with Crippen molar-refractivity contribution >= 4 is 5.91 Å². The Hall–Kier alpha value is -2.41. The summed E-state index contributed by atoms with van der Waals surface area (Å²) < 4.78 is 10.6. The van der Waals surface area contributed by atoms with Gasteiger partial charge in [-0.15, -0.1) is 0 Å². The highest BCUT2D eigenvalue weighted by atomic mass is 16.5. The topological polar surface area (TPSA) is 80.5 Å². The lowest BCUT2D eigenvalue weighted by Gasteiger charge is -2.37. The number of aryl methyl sites for hydroxylation is 2. The molecule has 0 radical (unpaired) electrons. The van der Waals surface area contributed by atoms with Crippen LogP contribution < -0.4 is 10.1 Å². The minimum absolute atomic E-state index is 0.0358. The molecular formula is C18H24N4O3. The number of benzene rings is 1. The highest BCUT2D eigenvalue weighted by Gasteiger charge is 2.29. The number of carbonyl (C=O) groups excluding carboxylic acids is 1. The fourth-order valence-electron chi connectivity index (χ4n) is 3.12. The van der Waals surface area contributed by atoms with E-state index in [1.54, 1.807) is 7.11 Å². The Morgan fingerprint density at radius 1 is 1.44 bits per heavy atom. The summed E-state index contributed by atoms with van der Waals surface area (Å²) in [7, 11) is 1.65. The van der Waals surface area contributed by atoms with E-state index in [1.165, 1.54) is 0 Å². The Labute approximate surface area is 147 Å². The van der Waals surface area contributed by atoms with Crippen LogP contribution in [-0.2, 0) is 17.6 Å². The molecule has 1 aliphatic heterocycles. The Kier molecular flexibility index (Phi) is 5.65. The quantitative estimate of drug-likeness (QED) is 0.860. The molecule has 1 atom stereocenters. The summed E-state index contributed by atoms with van der Waals surface area (Å²) in [5.74, 6) is 2.10. The molecule has 1 aromatic heterocycles. The molecule has 1 amide bonds. The number of aromatic nitrogens is 2. The second-order valence-electron chi connectivity index (χ2n) is 6.01. The van der Waals surface area contributed by atoms with Gasteiger partial charge >= 0.3 is 0 Å². The Morgan fingerprint density at radius 3 is 3.04 bits per heavy atom. The summed E-state index contributed by atoms with van der Waals surface area (Å²) in [5, 5.41) is 7.24. The van der Waals surface area contributed by atoms with Crippen molar-refractivity contribution in [2.75, 3.05) is 26.7 Å². The number of nitrogens with zero attached hydrogens (tertiary/aromatic N) is 3. The number of hydrogen-bond donors (Lipinski definition) is 1. The summed E-state index contributed by atoms with van der Waals surface area (Å²) in [6, 6.07) is 7.82. The molecule has 2 aromatic rings. The van der Waals surface area contributed by atoms with Crippen molar-refractivity contribution in [2.24, 2.45) is 0 Å². The number of methoxy groups -OCH3 is 1. The summed E-state index contributed by atoms with van der Waals surface area (Å²) in [5.41, 5.74) is 1.02. The molecular weight excluding hydrogens is 320 g/mol. The maximum atomic E-state index is 12.8. The second-order valence-corrected chi connectivity index (χ2v) is 6.01. The van der Waals surface area contributed by atoms with Crippen molar-refractivity contribution in [1.29, 1.82) is 0 Å². The minimum Gasteiger partial charge on any atom is -0.496 e. The lowest BCUT2D eigenvalue weighted by Crippen LogP contribution is -2.48. The molecule has 25 heavy (non-hydrogen) atoms. The molecule has 1 aliphatic rings. The molecule has 1 aromatic carbocycles. The normalized spacial score (nSPS) is 17.5. The third kappa shape index (κ3) is 3.99. The fourth-order valence-corrected chi connectivity index (χ4v) is 3.12. The van der Waals surface area contributed by atoms with Gasteiger partial charge in [0.1, 0.15) is 5.75 Å². The predicted octanol–water partition coefficient (Wildman–Crippen LogP) is 1.75. The average Bonchev–Trinajstić information content (AvgIpc) is 3.14. The van der Waals surface area contributed by atoms with E-state index >= 15 is 0 Å². The molecule has 1 saturated heterocycles. The molecule has 0 spiro atoms. The Bertz CT molecular complexity index is 716. The van der Waals surface area contributed by atoms with Crippen molar-refractivity contribution in [3.05, 3.63) is 41.5 Å². The van der Waals surface area contributed by atoms with Gasteiger partial charge in [0.2, 0.25) is 11.8 Å². The number of ether oxygens (including phenoxy) is 1. The van der Waals surface area contributed by atoms with E-state index < -0.39 is 0 Å². The summed E-state index contributed by atoms with van der Waals surface area (Å²) in [4.78, 5) is 19.0. The summed E-state index contributed by atoms with van der Waals surface area (Å²) >= 11 is 0. The van der Waals surface area contributed by atoms with Crippen LogP contribution in [0.2, 0.25) is 0 Å². The van der Waals surface area contributed by atoms with Gasteiger partial charge in [-0.05, 0) is 6.07 Å². The van der Waals surface area contributed by atoms with Crippen molar-refractivity contribution in [2.45, 2.75) is 32.2 Å². The van der Waals surface area contributed by atoms with Crippen LogP contribution in [-0.4, -0.2) is 47.7 Å². The molecule has 1 fully saturated rings. The highest BCUT2D eigenvalue weighted by molar-refractivity contribution is 5.77. The Balaban J connectivity index is 1.70. The summed E-state index contributed by atoms with van der Waals surface area (Å²) in [6.45, 7) is 4.15. The largest absolute Gasteiger partial charge is 0.496 e. The van der Waals surface area contributed by atoms with E-state index in [2.05, 4.69) is 15.5 Å². The van der Waals surface area contributed by atoms with E-state index in [0.717, 1.165) is 24.3 Å². The van der Waals surface area contributed by atoms with Gasteiger partial charge < -0.3 is 19.5 Å². The van der Waals surface area contributed by atoms with Gasteiger partial charge in [-0.3, -0.25) is 4.79 Å². The minimum atomic E-state index is -0.0358. The van der Waals surface area contributed by atoms with Crippen LogP contribution in [0.1, 0.15) is 36.7 Å². The van der Waals surface area contributed by atoms with Crippen molar-refractivity contribution in [1.82, 2.24) is 20.4 Å². The smallest absolute Gasteiger partial charge is 0.227 e. The molecule has 7 nitrogen and oxygen atoms in total. The number of para-hydroxylation sites is 1. The molecule has 3 rings (SSSR count). The maximum Gasteiger partial charge on any atom is 0.227 e. The first kappa shape index (κ1) is 17.4. The molecule has 1 N–H and O–H groups in total.